The van der Waals surface area contributed by atoms with Gasteiger partial charge in [-0.3, -0.25) is 13.9 Å². The molecule has 0 spiro atoms. The summed E-state index contributed by atoms with van der Waals surface area (Å²) in [7, 11) is -3.77. The number of benzene rings is 2. The van der Waals surface area contributed by atoms with Crippen molar-refractivity contribution < 1.29 is 18.0 Å². The van der Waals surface area contributed by atoms with Gasteiger partial charge in [0.2, 0.25) is 21.8 Å². The lowest BCUT2D eigenvalue weighted by Crippen LogP contribution is -2.54. The van der Waals surface area contributed by atoms with Gasteiger partial charge in [0.15, 0.2) is 0 Å². The van der Waals surface area contributed by atoms with Crippen molar-refractivity contribution in [1.82, 2.24) is 10.2 Å². The molecule has 1 atom stereocenters. The zero-order valence-corrected chi connectivity index (χ0v) is 24.3. The first-order chi connectivity index (χ1) is 18.0. The number of sulfonamides is 1. The molecule has 1 N–H and O–H groups in total. The predicted molar refractivity (Wildman–Crippen MR) is 154 cm³/mol. The molecule has 0 unspecified atom stereocenters. The first-order valence-corrected chi connectivity index (χ1v) is 15.6. The highest BCUT2D eigenvalue weighted by molar-refractivity contribution is 7.92. The Bertz CT molecular complexity index is 1190. The van der Waals surface area contributed by atoms with Crippen LogP contribution in [0.2, 0.25) is 0 Å². The molecule has 2 aromatic rings. The Morgan fingerprint density at radius 1 is 1.00 bits per heavy atom. The second kappa shape index (κ2) is 13.3. The van der Waals surface area contributed by atoms with E-state index in [9.17, 15) is 18.0 Å². The van der Waals surface area contributed by atoms with Gasteiger partial charge < -0.3 is 10.2 Å². The van der Waals surface area contributed by atoms with Crippen LogP contribution in [0.15, 0.2) is 48.5 Å². The molecule has 0 bridgehead atoms. The maximum Gasteiger partial charge on any atom is 0.244 e. The fourth-order valence-electron chi connectivity index (χ4n) is 5.15. The third kappa shape index (κ3) is 7.82. The van der Waals surface area contributed by atoms with Crippen molar-refractivity contribution in [3.8, 4) is 0 Å². The third-order valence-electron chi connectivity index (χ3n) is 7.32. The zero-order valence-electron chi connectivity index (χ0n) is 23.4. The van der Waals surface area contributed by atoms with E-state index < -0.39 is 22.0 Å². The number of anilines is 1. The second-order valence-corrected chi connectivity index (χ2v) is 12.7. The van der Waals surface area contributed by atoms with Gasteiger partial charge in [-0.05, 0) is 49.3 Å². The summed E-state index contributed by atoms with van der Waals surface area (Å²) in [6.07, 6.45) is 6.80. The molecular formula is C30H43N3O4S. The van der Waals surface area contributed by atoms with Crippen LogP contribution in [0.5, 0.6) is 0 Å². The van der Waals surface area contributed by atoms with Gasteiger partial charge >= 0.3 is 0 Å². The molecular weight excluding hydrogens is 498 g/mol. The molecule has 1 aliphatic rings. The highest BCUT2D eigenvalue weighted by Gasteiger charge is 2.33. The Labute approximate surface area is 228 Å². The van der Waals surface area contributed by atoms with Crippen LogP contribution in [0.3, 0.4) is 0 Å². The van der Waals surface area contributed by atoms with Gasteiger partial charge in [-0.25, -0.2) is 8.42 Å². The second-order valence-electron chi connectivity index (χ2n) is 10.8. The number of carbonyl (C=O) groups is 2. The lowest BCUT2D eigenvalue weighted by Gasteiger charge is -2.34. The fraction of sp³-hybridized carbons (Fsp3) is 0.533. The van der Waals surface area contributed by atoms with Crippen LogP contribution in [0, 0.1) is 6.92 Å². The van der Waals surface area contributed by atoms with Crippen molar-refractivity contribution in [3.63, 3.8) is 0 Å². The SMILES string of the molecule is CC[C@@H](C(=O)NC1CCCCC1)N(Cc1ccc(C)cc1)C(=O)CN(c1ccccc1C(C)C)S(C)(=O)=O. The average Bonchev–Trinajstić information content (AvgIpc) is 2.88. The number of carbonyl (C=O) groups excluding carboxylic acids is 2. The van der Waals surface area contributed by atoms with E-state index in [2.05, 4.69) is 5.32 Å². The fourth-order valence-corrected chi connectivity index (χ4v) is 6.02. The Morgan fingerprint density at radius 2 is 1.63 bits per heavy atom. The van der Waals surface area contributed by atoms with Crippen LogP contribution in [-0.2, 0) is 26.2 Å². The first-order valence-electron chi connectivity index (χ1n) is 13.7. The number of rotatable bonds is 11. The van der Waals surface area contributed by atoms with E-state index in [0.717, 1.165) is 48.6 Å². The lowest BCUT2D eigenvalue weighted by atomic mass is 9.95. The van der Waals surface area contributed by atoms with Gasteiger partial charge in [-0.15, -0.1) is 0 Å². The summed E-state index contributed by atoms with van der Waals surface area (Å²) in [4.78, 5) is 29.0. The van der Waals surface area contributed by atoms with Gasteiger partial charge in [0.05, 0.1) is 11.9 Å². The first kappa shape index (κ1) is 29.7. The van der Waals surface area contributed by atoms with Crippen molar-refractivity contribution in [2.75, 3.05) is 17.1 Å². The van der Waals surface area contributed by atoms with Crippen molar-refractivity contribution in [2.24, 2.45) is 0 Å². The number of nitrogens with one attached hydrogen (secondary N) is 1. The number of nitrogens with zero attached hydrogens (tertiary/aromatic N) is 2. The smallest absolute Gasteiger partial charge is 0.244 e. The average molecular weight is 542 g/mol. The van der Waals surface area contributed by atoms with Crippen molar-refractivity contribution in [1.29, 1.82) is 0 Å². The predicted octanol–water partition coefficient (Wildman–Crippen LogP) is 5.14. The van der Waals surface area contributed by atoms with E-state index >= 15 is 0 Å². The number of para-hydroxylation sites is 1. The molecule has 0 heterocycles. The summed E-state index contributed by atoms with van der Waals surface area (Å²) in [6.45, 7) is 7.72. The van der Waals surface area contributed by atoms with Crippen LogP contribution >= 0.6 is 0 Å². The van der Waals surface area contributed by atoms with Crippen LogP contribution in [0.1, 0.15) is 81.9 Å². The third-order valence-corrected chi connectivity index (χ3v) is 8.44. The molecule has 7 nitrogen and oxygen atoms in total. The molecule has 0 aliphatic heterocycles. The molecule has 3 rings (SSSR count). The molecule has 1 saturated carbocycles. The highest BCUT2D eigenvalue weighted by atomic mass is 32.2. The molecule has 1 fully saturated rings. The molecule has 1 aliphatic carbocycles. The van der Waals surface area contributed by atoms with Gasteiger partial charge in [-0.1, -0.05) is 88.1 Å². The monoisotopic (exact) mass is 541 g/mol. The minimum Gasteiger partial charge on any atom is -0.352 e. The summed E-state index contributed by atoms with van der Waals surface area (Å²) in [5.74, 6) is -0.507. The highest BCUT2D eigenvalue weighted by Crippen LogP contribution is 2.29. The topological polar surface area (TPSA) is 86.8 Å². The van der Waals surface area contributed by atoms with Gasteiger partial charge in [0, 0.05) is 12.6 Å². The van der Waals surface area contributed by atoms with Crippen molar-refractivity contribution >= 4 is 27.5 Å². The van der Waals surface area contributed by atoms with E-state index in [4.69, 9.17) is 0 Å². The molecule has 0 radical (unpaired) electrons. The minimum atomic E-state index is -3.77. The Kier molecular flexibility index (Phi) is 10.4. The summed E-state index contributed by atoms with van der Waals surface area (Å²) < 4.78 is 27.1. The number of amides is 2. The maximum absolute atomic E-state index is 14.0. The summed E-state index contributed by atoms with van der Waals surface area (Å²) in [5, 5.41) is 3.17. The van der Waals surface area contributed by atoms with Crippen LogP contribution < -0.4 is 9.62 Å². The Morgan fingerprint density at radius 3 is 2.21 bits per heavy atom. The van der Waals surface area contributed by atoms with Crippen LogP contribution in [0.25, 0.3) is 0 Å². The molecule has 0 aromatic heterocycles. The molecule has 38 heavy (non-hydrogen) atoms. The summed E-state index contributed by atoms with van der Waals surface area (Å²) >= 11 is 0. The van der Waals surface area contributed by atoms with Gasteiger partial charge in [0.1, 0.15) is 12.6 Å². The number of hydrogen-bond acceptors (Lipinski definition) is 4. The van der Waals surface area contributed by atoms with E-state index in [1.807, 2.05) is 64.1 Å². The molecule has 208 valence electrons. The molecule has 2 aromatic carbocycles. The van der Waals surface area contributed by atoms with Crippen molar-refractivity contribution in [3.05, 3.63) is 65.2 Å². The number of aryl methyl sites for hydroxylation is 1. The van der Waals surface area contributed by atoms with Gasteiger partial charge in [-0.2, -0.15) is 0 Å². The molecule has 2 amide bonds. The lowest BCUT2D eigenvalue weighted by molar-refractivity contribution is -0.140. The normalized spacial score (nSPS) is 15.2. The Balaban J connectivity index is 1.95. The van der Waals surface area contributed by atoms with E-state index in [1.165, 1.54) is 10.7 Å². The molecule has 8 heteroatoms. The Hall–Kier alpha value is -2.87. The van der Waals surface area contributed by atoms with E-state index in [-0.39, 0.29) is 31.0 Å². The standard InChI is InChI=1S/C30H43N3O4S/c1-6-27(30(35)31-25-12-8-7-9-13-25)32(20-24-18-16-23(4)17-19-24)29(34)21-33(38(5,36)37)28-15-11-10-14-26(28)22(2)3/h10-11,14-19,22,25,27H,6-9,12-13,20-21H2,1-5H3,(H,31,35)/t27-/m0/s1. The maximum atomic E-state index is 14.0. The summed E-state index contributed by atoms with van der Waals surface area (Å²) in [5.41, 5.74) is 3.33. The van der Waals surface area contributed by atoms with Crippen LogP contribution in [-0.4, -0.2) is 50.0 Å². The van der Waals surface area contributed by atoms with Crippen molar-refractivity contribution in [2.45, 2.75) is 90.8 Å². The van der Waals surface area contributed by atoms with Gasteiger partial charge in [0.25, 0.3) is 0 Å². The zero-order chi connectivity index (χ0) is 27.9. The van der Waals surface area contributed by atoms with E-state index in [1.54, 1.807) is 17.0 Å². The number of hydrogen-bond donors (Lipinski definition) is 1. The minimum absolute atomic E-state index is 0.0684. The van der Waals surface area contributed by atoms with E-state index in [0.29, 0.717) is 12.1 Å². The molecule has 0 saturated heterocycles. The van der Waals surface area contributed by atoms with Crippen LogP contribution in [0.4, 0.5) is 5.69 Å². The quantitative estimate of drug-likeness (QED) is 0.427. The summed E-state index contributed by atoms with van der Waals surface area (Å²) in [6, 6.07) is 14.5. The largest absolute Gasteiger partial charge is 0.352 e.